The summed E-state index contributed by atoms with van der Waals surface area (Å²) in [6, 6.07) is 19.7. The van der Waals surface area contributed by atoms with E-state index >= 15 is 0 Å². The highest BCUT2D eigenvalue weighted by Crippen LogP contribution is 2.49. The van der Waals surface area contributed by atoms with Crippen LogP contribution < -0.4 is 17.2 Å². The number of hydrogen-bond donors (Lipinski definition) is 6. The second kappa shape index (κ2) is 7.25. The summed E-state index contributed by atoms with van der Waals surface area (Å²) in [4.78, 5) is 0. The monoisotopic (exact) mass is 399 g/mol. The minimum atomic E-state index is 0.129. The Morgan fingerprint density at radius 2 is 0.567 bits per heavy atom. The van der Waals surface area contributed by atoms with Gasteiger partial charge in [-0.05, 0) is 53.1 Å². The molecule has 4 aromatic rings. The third-order valence-electron chi connectivity index (χ3n) is 5.08. The normalized spacial score (nSPS) is 10.8. The molecule has 4 aromatic carbocycles. The summed E-state index contributed by atoms with van der Waals surface area (Å²) in [5.74, 6) is 0.386. The predicted octanol–water partition coefficient (Wildman–Crippen LogP) is 4.55. The fourth-order valence-electron chi connectivity index (χ4n) is 3.63. The molecule has 0 unspecified atom stereocenters. The van der Waals surface area contributed by atoms with E-state index in [2.05, 4.69) is 0 Å². The van der Waals surface area contributed by atoms with Gasteiger partial charge in [0.2, 0.25) is 0 Å². The molecule has 0 aliphatic rings. The Hall–Kier alpha value is -4.32. The van der Waals surface area contributed by atoms with Gasteiger partial charge >= 0.3 is 0 Å². The largest absolute Gasteiger partial charge is 0.508 e. The van der Waals surface area contributed by atoms with Crippen molar-refractivity contribution >= 4 is 17.1 Å². The zero-order valence-electron chi connectivity index (χ0n) is 16.0. The Kier molecular flexibility index (Phi) is 4.60. The number of aromatic hydroxyl groups is 3. The van der Waals surface area contributed by atoms with Crippen LogP contribution in [-0.4, -0.2) is 15.3 Å². The first-order valence-corrected chi connectivity index (χ1v) is 9.25. The molecule has 4 rings (SSSR count). The van der Waals surface area contributed by atoms with Crippen molar-refractivity contribution in [3.63, 3.8) is 0 Å². The van der Waals surface area contributed by atoms with Crippen molar-refractivity contribution in [2.24, 2.45) is 0 Å². The van der Waals surface area contributed by atoms with Crippen molar-refractivity contribution in [1.29, 1.82) is 0 Å². The van der Waals surface area contributed by atoms with E-state index in [1.165, 1.54) is 0 Å². The number of rotatable bonds is 3. The second-order valence-electron chi connectivity index (χ2n) is 7.01. The van der Waals surface area contributed by atoms with Crippen molar-refractivity contribution in [3.8, 4) is 50.6 Å². The lowest BCUT2D eigenvalue weighted by atomic mass is 9.87. The average Bonchev–Trinajstić information content (AvgIpc) is 2.72. The van der Waals surface area contributed by atoms with Crippen LogP contribution in [0.25, 0.3) is 33.4 Å². The van der Waals surface area contributed by atoms with Gasteiger partial charge in [0, 0.05) is 16.7 Å². The Morgan fingerprint density at radius 1 is 0.367 bits per heavy atom. The van der Waals surface area contributed by atoms with E-state index in [0.717, 1.165) is 16.7 Å². The van der Waals surface area contributed by atoms with Crippen LogP contribution in [0.2, 0.25) is 0 Å². The van der Waals surface area contributed by atoms with Crippen LogP contribution in [0, 0.1) is 0 Å². The molecule has 0 atom stereocenters. The van der Waals surface area contributed by atoms with Crippen LogP contribution in [0.15, 0.2) is 72.8 Å². The van der Waals surface area contributed by atoms with Gasteiger partial charge in [-0.2, -0.15) is 0 Å². The van der Waals surface area contributed by atoms with Gasteiger partial charge in [-0.25, -0.2) is 0 Å². The summed E-state index contributed by atoms with van der Waals surface area (Å²) in [6.45, 7) is 0. The number of anilines is 3. The molecule has 0 amide bonds. The summed E-state index contributed by atoms with van der Waals surface area (Å²) in [5, 5.41) is 29.0. The lowest BCUT2D eigenvalue weighted by Crippen LogP contribution is -2.06. The van der Waals surface area contributed by atoms with Gasteiger partial charge in [-0.15, -0.1) is 0 Å². The Labute approximate surface area is 173 Å². The first kappa shape index (κ1) is 19.0. The molecule has 0 aliphatic carbocycles. The smallest absolute Gasteiger partial charge is 0.115 e. The number of nitrogen functional groups attached to an aromatic ring is 3. The molecule has 0 bridgehead atoms. The van der Waals surface area contributed by atoms with Crippen molar-refractivity contribution < 1.29 is 15.3 Å². The standard InChI is InChI=1S/C24H21N3O3/c25-22-19(13-1-7-16(28)8-2-13)23(26)21(15-5-11-18(30)12-6-15)24(27)20(22)14-3-9-17(29)10-4-14/h1-12,28-30H,25-27H2. The van der Waals surface area contributed by atoms with E-state index in [9.17, 15) is 15.3 Å². The summed E-state index contributed by atoms with van der Waals surface area (Å²) >= 11 is 0. The van der Waals surface area contributed by atoms with Crippen LogP contribution in [-0.2, 0) is 0 Å². The highest BCUT2D eigenvalue weighted by atomic mass is 16.3. The molecule has 6 heteroatoms. The second-order valence-corrected chi connectivity index (χ2v) is 7.01. The van der Waals surface area contributed by atoms with Gasteiger partial charge in [-0.3, -0.25) is 0 Å². The first-order chi connectivity index (χ1) is 14.4. The molecule has 0 aliphatic heterocycles. The van der Waals surface area contributed by atoms with E-state index in [1.807, 2.05) is 0 Å². The highest BCUT2D eigenvalue weighted by molar-refractivity contribution is 6.09. The minimum Gasteiger partial charge on any atom is -0.508 e. The van der Waals surface area contributed by atoms with Crippen molar-refractivity contribution in [3.05, 3.63) is 72.8 Å². The number of phenols is 3. The maximum atomic E-state index is 9.67. The summed E-state index contributed by atoms with van der Waals surface area (Å²) < 4.78 is 0. The van der Waals surface area contributed by atoms with E-state index in [-0.39, 0.29) is 17.2 Å². The third-order valence-corrected chi connectivity index (χ3v) is 5.08. The Balaban J connectivity index is 2.08. The molecule has 0 saturated carbocycles. The van der Waals surface area contributed by atoms with E-state index < -0.39 is 0 Å². The summed E-state index contributed by atoms with van der Waals surface area (Å²) in [5.41, 5.74) is 24.8. The SMILES string of the molecule is Nc1c(-c2ccc(O)cc2)c(N)c(-c2ccc(O)cc2)c(N)c1-c1ccc(O)cc1. The topological polar surface area (TPSA) is 139 Å². The molecule has 150 valence electrons. The molecular formula is C24H21N3O3. The molecule has 0 saturated heterocycles. The van der Waals surface area contributed by atoms with Gasteiger partial charge in [0.25, 0.3) is 0 Å². The van der Waals surface area contributed by atoms with Gasteiger partial charge < -0.3 is 32.5 Å². The molecule has 0 heterocycles. The van der Waals surface area contributed by atoms with Crippen LogP contribution in [0.5, 0.6) is 17.2 Å². The fourth-order valence-corrected chi connectivity index (χ4v) is 3.63. The molecule has 30 heavy (non-hydrogen) atoms. The van der Waals surface area contributed by atoms with Crippen LogP contribution in [0.4, 0.5) is 17.1 Å². The Morgan fingerprint density at radius 3 is 0.767 bits per heavy atom. The van der Waals surface area contributed by atoms with Gasteiger partial charge in [0.15, 0.2) is 0 Å². The Bertz CT molecular complexity index is 1040. The molecule has 0 aromatic heterocycles. The molecule has 6 nitrogen and oxygen atoms in total. The highest BCUT2D eigenvalue weighted by Gasteiger charge is 2.22. The molecular weight excluding hydrogens is 378 g/mol. The number of nitrogens with two attached hydrogens (primary N) is 3. The molecule has 0 radical (unpaired) electrons. The molecule has 0 spiro atoms. The van der Waals surface area contributed by atoms with E-state index in [4.69, 9.17) is 17.2 Å². The number of benzene rings is 4. The summed E-state index contributed by atoms with van der Waals surface area (Å²) in [7, 11) is 0. The van der Waals surface area contributed by atoms with Crippen molar-refractivity contribution in [1.82, 2.24) is 0 Å². The van der Waals surface area contributed by atoms with Gasteiger partial charge in [-0.1, -0.05) is 36.4 Å². The number of phenolic OH excluding ortho intramolecular Hbond substituents is 3. The van der Waals surface area contributed by atoms with Crippen molar-refractivity contribution in [2.45, 2.75) is 0 Å². The first-order valence-electron chi connectivity index (χ1n) is 9.25. The fraction of sp³-hybridized carbons (Fsp3) is 0. The maximum absolute atomic E-state index is 9.67. The lowest BCUT2D eigenvalue weighted by Gasteiger charge is -2.22. The predicted molar refractivity (Wildman–Crippen MR) is 121 cm³/mol. The maximum Gasteiger partial charge on any atom is 0.115 e. The van der Waals surface area contributed by atoms with Crippen LogP contribution >= 0.6 is 0 Å². The van der Waals surface area contributed by atoms with Gasteiger partial charge in [0.1, 0.15) is 17.2 Å². The third kappa shape index (κ3) is 3.20. The number of hydrogen-bond acceptors (Lipinski definition) is 6. The zero-order chi connectivity index (χ0) is 21.4. The lowest BCUT2D eigenvalue weighted by molar-refractivity contribution is 0.475. The van der Waals surface area contributed by atoms with E-state index in [1.54, 1.807) is 72.8 Å². The average molecular weight is 399 g/mol. The summed E-state index contributed by atoms with van der Waals surface area (Å²) in [6.07, 6.45) is 0. The van der Waals surface area contributed by atoms with Crippen LogP contribution in [0.1, 0.15) is 0 Å². The van der Waals surface area contributed by atoms with E-state index in [0.29, 0.717) is 33.8 Å². The zero-order valence-corrected chi connectivity index (χ0v) is 16.0. The quantitative estimate of drug-likeness (QED) is 0.279. The van der Waals surface area contributed by atoms with Crippen molar-refractivity contribution in [2.75, 3.05) is 17.2 Å². The van der Waals surface area contributed by atoms with Gasteiger partial charge in [0.05, 0.1) is 17.1 Å². The minimum absolute atomic E-state index is 0.129. The molecule has 0 fully saturated rings. The van der Waals surface area contributed by atoms with Crippen LogP contribution in [0.3, 0.4) is 0 Å². The molecule has 9 N–H and O–H groups in total.